The molecular weight excluding hydrogens is 377 g/mol. The van der Waals surface area contributed by atoms with Gasteiger partial charge in [0.15, 0.2) is 5.60 Å². The fourth-order valence-electron chi connectivity index (χ4n) is 2.77. The number of carbonyl (C=O) groups is 1. The van der Waals surface area contributed by atoms with Crippen LogP contribution in [0.25, 0.3) is 0 Å². The van der Waals surface area contributed by atoms with Crippen molar-refractivity contribution in [2.75, 3.05) is 12.3 Å². The summed E-state index contributed by atoms with van der Waals surface area (Å²) in [5, 5.41) is 1.31. The highest BCUT2D eigenvalue weighted by Crippen LogP contribution is 2.40. The summed E-state index contributed by atoms with van der Waals surface area (Å²) in [6.07, 6.45) is 0. The van der Waals surface area contributed by atoms with Crippen LogP contribution >= 0.6 is 35.0 Å². The lowest BCUT2D eigenvalue weighted by Crippen LogP contribution is -2.48. The van der Waals surface area contributed by atoms with E-state index < -0.39 is 5.60 Å². The maximum atomic E-state index is 13.1. The Balaban J connectivity index is 1.77. The van der Waals surface area contributed by atoms with Gasteiger partial charge in [-0.2, -0.15) is 0 Å². The van der Waals surface area contributed by atoms with Gasteiger partial charge < -0.3 is 9.64 Å². The van der Waals surface area contributed by atoms with Gasteiger partial charge in [-0.1, -0.05) is 35.3 Å². The number of carbonyl (C=O) groups excluding carboxylic acids is 1. The zero-order valence-electron chi connectivity index (χ0n) is 14.0. The van der Waals surface area contributed by atoms with Crippen molar-refractivity contribution in [1.82, 2.24) is 4.90 Å². The van der Waals surface area contributed by atoms with Gasteiger partial charge in [0.1, 0.15) is 11.1 Å². The second kappa shape index (κ2) is 7.48. The van der Waals surface area contributed by atoms with Gasteiger partial charge in [0, 0.05) is 22.3 Å². The minimum absolute atomic E-state index is 0.0159. The molecule has 3 nitrogen and oxygen atoms in total. The summed E-state index contributed by atoms with van der Waals surface area (Å²) in [4.78, 5) is 15.0. The van der Waals surface area contributed by atoms with E-state index in [0.717, 1.165) is 11.3 Å². The van der Waals surface area contributed by atoms with Gasteiger partial charge >= 0.3 is 0 Å². The summed E-state index contributed by atoms with van der Waals surface area (Å²) in [6, 6.07) is 14.7. The van der Waals surface area contributed by atoms with Crippen molar-refractivity contribution in [2.45, 2.75) is 24.8 Å². The van der Waals surface area contributed by atoms with Gasteiger partial charge in [-0.3, -0.25) is 4.79 Å². The Morgan fingerprint density at radius 3 is 2.24 bits per heavy atom. The number of nitrogens with zero attached hydrogens (tertiary/aromatic N) is 1. The number of benzene rings is 2. The van der Waals surface area contributed by atoms with Gasteiger partial charge in [0.2, 0.25) is 0 Å². The molecule has 0 saturated carbocycles. The molecule has 25 heavy (non-hydrogen) atoms. The summed E-state index contributed by atoms with van der Waals surface area (Å²) in [5.74, 6) is 1.49. The lowest BCUT2D eigenvalue weighted by molar-refractivity contribution is -0.145. The van der Waals surface area contributed by atoms with Crippen molar-refractivity contribution in [3.8, 4) is 5.75 Å². The molecule has 1 atom stereocenters. The van der Waals surface area contributed by atoms with Crippen LogP contribution in [0, 0.1) is 0 Å². The van der Waals surface area contributed by atoms with Crippen LogP contribution in [0.4, 0.5) is 0 Å². The van der Waals surface area contributed by atoms with Crippen LogP contribution in [-0.4, -0.2) is 28.7 Å². The van der Waals surface area contributed by atoms with Gasteiger partial charge in [-0.05, 0) is 55.8 Å². The molecule has 0 bridgehead atoms. The number of hydrogen-bond donors (Lipinski definition) is 0. The third kappa shape index (κ3) is 4.25. The number of hydrogen-bond acceptors (Lipinski definition) is 3. The van der Waals surface area contributed by atoms with Crippen LogP contribution < -0.4 is 4.74 Å². The van der Waals surface area contributed by atoms with Gasteiger partial charge in [0.05, 0.1) is 0 Å². The summed E-state index contributed by atoms with van der Waals surface area (Å²) in [7, 11) is 0. The Bertz CT molecular complexity index is 747. The largest absolute Gasteiger partial charge is 0.478 e. The maximum Gasteiger partial charge on any atom is 0.267 e. The second-order valence-electron chi connectivity index (χ2n) is 6.34. The van der Waals surface area contributed by atoms with Crippen molar-refractivity contribution in [2.24, 2.45) is 0 Å². The molecule has 0 radical (unpaired) electrons. The van der Waals surface area contributed by atoms with E-state index in [9.17, 15) is 4.79 Å². The predicted molar refractivity (Wildman–Crippen MR) is 105 cm³/mol. The Hall–Kier alpha value is -1.36. The summed E-state index contributed by atoms with van der Waals surface area (Å²) in [6.45, 7) is 4.29. The summed E-state index contributed by atoms with van der Waals surface area (Å²) >= 11 is 13.6. The summed E-state index contributed by atoms with van der Waals surface area (Å²) < 4.78 is 5.95. The van der Waals surface area contributed by atoms with E-state index in [1.54, 1.807) is 49.9 Å². The molecule has 2 aromatic rings. The summed E-state index contributed by atoms with van der Waals surface area (Å²) in [5.41, 5.74) is 0.103. The molecule has 0 spiro atoms. The zero-order chi connectivity index (χ0) is 18.0. The molecule has 1 aliphatic rings. The maximum absolute atomic E-state index is 13.1. The molecule has 0 aliphatic carbocycles. The monoisotopic (exact) mass is 395 g/mol. The second-order valence-corrected chi connectivity index (χ2v) is 8.40. The van der Waals surface area contributed by atoms with E-state index in [4.69, 9.17) is 27.9 Å². The number of rotatable bonds is 4. The normalized spacial score (nSPS) is 17.6. The average Bonchev–Trinajstić information content (AvgIpc) is 3.06. The molecule has 1 fully saturated rings. The first-order valence-corrected chi connectivity index (χ1v) is 9.80. The molecule has 3 rings (SSSR count). The van der Waals surface area contributed by atoms with E-state index in [1.165, 1.54) is 0 Å². The van der Waals surface area contributed by atoms with Gasteiger partial charge in [-0.15, -0.1) is 11.8 Å². The van der Waals surface area contributed by atoms with E-state index in [0.29, 0.717) is 22.3 Å². The van der Waals surface area contributed by atoms with Gasteiger partial charge in [-0.25, -0.2) is 0 Å². The SMILES string of the molecule is CC(C)(Oc1ccc(Cl)cc1)C(=O)N1CCSC1c1ccc(Cl)cc1. The first-order chi connectivity index (χ1) is 11.9. The fourth-order valence-corrected chi connectivity index (χ4v) is 4.28. The number of halogens is 2. The van der Waals surface area contributed by atoms with Crippen molar-refractivity contribution < 1.29 is 9.53 Å². The molecule has 132 valence electrons. The van der Waals surface area contributed by atoms with E-state index in [1.807, 2.05) is 29.2 Å². The predicted octanol–water partition coefficient (Wildman–Crippen LogP) is 5.43. The molecule has 1 saturated heterocycles. The molecule has 0 N–H and O–H groups in total. The van der Waals surface area contributed by atoms with Crippen LogP contribution in [0.2, 0.25) is 10.0 Å². The number of amides is 1. The van der Waals surface area contributed by atoms with E-state index >= 15 is 0 Å². The minimum atomic E-state index is -0.969. The first kappa shape index (κ1) is 18.4. The molecule has 1 amide bonds. The third-order valence-electron chi connectivity index (χ3n) is 4.01. The molecule has 2 aromatic carbocycles. The highest BCUT2D eigenvalue weighted by atomic mass is 35.5. The van der Waals surface area contributed by atoms with E-state index in [2.05, 4.69) is 0 Å². The Labute approximate surface area is 162 Å². The quantitative estimate of drug-likeness (QED) is 0.691. The van der Waals surface area contributed by atoms with Crippen LogP contribution in [-0.2, 0) is 4.79 Å². The highest BCUT2D eigenvalue weighted by Gasteiger charge is 2.40. The third-order valence-corrected chi connectivity index (χ3v) is 5.77. The smallest absolute Gasteiger partial charge is 0.267 e. The first-order valence-electron chi connectivity index (χ1n) is 7.99. The molecular formula is C19H19Cl2NO2S. The zero-order valence-corrected chi connectivity index (χ0v) is 16.4. The fraction of sp³-hybridized carbons (Fsp3) is 0.316. The van der Waals surface area contributed by atoms with Crippen LogP contribution in [0.1, 0.15) is 24.8 Å². The number of ether oxygens (including phenoxy) is 1. The van der Waals surface area contributed by atoms with Crippen molar-refractivity contribution >= 4 is 40.9 Å². The lowest BCUT2D eigenvalue weighted by Gasteiger charge is -2.33. The molecule has 1 aliphatic heterocycles. The minimum Gasteiger partial charge on any atom is -0.478 e. The Morgan fingerprint density at radius 1 is 1.08 bits per heavy atom. The van der Waals surface area contributed by atoms with Crippen LogP contribution in [0.3, 0.4) is 0 Å². The standard InChI is InChI=1S/C19H19Cl2NO2S/c1-19(2,24-16-9-7-15(21)8-10-16)18(23)22-11-12-25-17(22)13-3-5-14(20)6-4-13/h3-10,17H,11-12H2,1-2H3. The molecule has 1 heterocycles. The molecule has 0 aromatic heterocycles. The average molecular weight is 396 g/mol. The van der Waals surface area contributed by atoms with Crippen molar-refractivity contribution in [3.05, 3.63) is 64.1 Å². The topological polar surface area (TPSA) is 29.5 Å². The lowest BCUT2D eigenvalue weighted by atomic mass is 10.1. The van der Waals surface area contributed by atoms with Gasteiger partial charge in [0.25, 0.3) is 5.91 Å². The molecule has 6 heteroatoms. The van der Waals surface area contributed by atoms with Crippen LogP contribution in [0.5, 0.6) is 5.75 Å². The number of thioether (sulfide) groups is 1. The van der Waals surface area contributed by atoms with Crippen LogP contribution in [0.15, 0.2) is 48.5 Å². The van der Waals surface area contributed by atoms with Crippen molar-refractivity contribution in [3.63, 3.8) is 0 Å². The van der Waals surface area contributed by atoms with E-state index in [-0.39, 0.29) is 11.3 Å². The van der Waals surface area contributed by atoms with Crippen molar-refractivity contribution in [1.29, 1.82) is 0 Å². The Morgan fingerprint density at radius 2 is 1.64 bits per heavy atom. The highest BCUT2D eigenvalue weighted by molar-refractivity contribution is 7.99. The Kier molecular flexibility index (Phi) is 5.52. The molecule has 1 unspecified atom stereocenters.